The number of nitrogens with zero attached hydrogens (tertiary/aromatic N) is 2. The number of amidine groups is 1. The molecule has 1 rings (SSSR count). The summed E-state index contributed by atoms with van der Waals surface area (Å²) in [5.41, 5.74) is 0.578. The fourth-order valence-electron chi connectivity index (χ4n) is 1.15. The van der Waals surface area contributed by atoms with E-state index in [0.29, 0.717) is 5.57 Å². The Morgan fingerprint density at radius 2 is 2.47 bits per heavy atom. The number of hydrogen-bond acceptors (Lipinski definition) is 2. The second-order valence-corrected chi connectivity index (χ2v) is 4.42. The molecule has 15 heavy (non-hydrogen) atoms. The van der Waals surface area contributed by atoms with Crippen molar-refractivity contribution in [3.05, 3.63) is 20.5 Å². The van der Waals surface area contributed by atoms with Crippen molar-refractivity contribution in [2.45, 2.75) is 13.0 Å². The van der Waals surface area contributed by atoms with Crippen molar-refractivity contribution in [2.75, 3.05) is 0 Å². The Labute approximate surface area is 108 Å². The summed E-state index contributed by atoms with van der Waals surface area (Å²) in [6, 6.07) is -0.172. The number of halogens is 2. The third kappa shape index (κ3) is 2.24. The van der Waals surface area contributed by atoms with Crippen molar-refractivity contribution in [3.63, 3.8) is 0 Å². The highest BCUT2D eigenvalue weighted by molar-refractivity contribution is 14.1. The van der Waals surface area contributed by atoms with Crippen LogP contribution in [0.1, 0.15) is 6.92 Å². The zero-order valence-corrected chi connectivity index (χ0v) is 11.0. The van der Waals surface area contributed by atoms with Crippen LogP contribution in [0.4, 0.5) is 0 Å². The molecule has 0 aromatic carbocycles. The summed E-state index contributed by atoms with van der Waals surface area (Å²) >= 11 is 7.95. The first-order valence-corrected chi connectivity index (χ1v) is 5.56. The molecule has 3 nitrogen and oxygen atoms in total. The standard InChI is InChI=1S/C10H9ClIN3/c1-4-6(2)15-5-7(12)8(10(15)13)9(11)14-3/h1,5-6,13H,3H2,2H3/b9-8-,13-10?. The molecule has 0 spiro atoms. The second kappa shape index (κ2) is 4.81. The summed E-state index contributed by atoms with van der Waals surface area (Å²) in [6.07, 6.45) is 7.10. The largest absolute Gasteiger partial charge is 0.318 e. The van der Waals surface area contributed by atoms with E-state index in [9.17, 15) is 0 Å². The summed E-state index contributed by atoms with van der Waals surface area (Å²) in [5.74, 6) is 2.83. The van der Waals surface area contributed by atoms with Crippen LogP contribution in [0.5, 0.6) is 0 Å². The van der Waals surface area contributed by atoms with Crippen molar-refractivity contribution < 1.29 is 0 Å². The highest BCUT2D eigenvalue weighted by atomic mass is 127. The van der Waals surface area contributed by atoms with Crippen LogP contribution in [0.3, 0.4) is 0 Å². The highest BCUT2D eigenvalue weighted by Gasteiger charge is 2.28. The van der Waals surface area contributed by atoms with Crippen molar-refractivity contribution in [2.24, 2.45) is 4.99 Å². The van der Waals surface area contributed by atoms with E-state index >= 15 is 0 Å². The van der Waals surface area contributed by atoms with Gasteiger partial charge >= 0.3 is 0 Å². The lowest BCUT2D eigenvalue weighted by atomic mass is 10.2. The molecule has 1 N–H and O–H groups in total. The molecule has 0 bridgehead atoms. The third-order valence-corrected chi connectivity index (χ3v) is 3.12. The van der Waals surface area contributed by atoms with Crippen molar-refractivity contribution in [1.82, 2.24) is 4.90 Å². The maximum absolute atomic E-state index is 7.90. The zero-order valence-electron chi connectivity index (χ0n) is 8.09. The summed E-state index contributed by atoms with van der Waals surface area (Å²) in [5, 5.41) is 8.13. The molecular weight excluding hydrogens is 324 g/mol. The molecule has 0 aromatic rings. The van der Waals surface area contributed by atoms with Gasteiger partial charge in [-0.3, -0.25) is 10.4 Å². The maximum Gasteiger partial charge on any atom is 0.140 e. The van der Waals surface area contributed by atoms with E-state index < -0.39 is 0 Å². The van der Waals surface area contributed by atoms with Gasteiger partial charge in [0, 0.05) is 9.78 Å². The Bertz CT molecular complexity index is 417. The van der Waals surface area contributed by atoms with Crippen molar-refractivity contribution in [3.8, 4) is 12.3 Å². The topological polar surface area (TPSA) is 39.5 Å². The molecule has 0 aliphatic carbocycles. The van der Waals surface area contributed by atoms with Crippen LogP contribution in [0, 0.1) is 17.8 Å². The van der Waals surface area contributed by atoms with Crippen LogP contribution in [0.2, 0.25) is 0 Å². The van der Waals surface area contributed by atoms with E-state index in [1.807, 2.05) is 6.92 Å². The van der Waals surface area contributed by atoms with E-state index in [-0.39, 0.29) is 17.0 Å². The van der Waals surface area contributed by atoms with Crippen molar-refractivity contribution in [1.29, 1.82) is 5.41 Å². The van der Waals surface area contributed by atoms with Crippen LogP contribution in [0.25, 0.3) is 0 Å². The minimum Gasteiger partial charge on any atom is -0.318 e. The average molecular weight is 334 g/mol. The molecule has 0 saturated carbocycles. The van der Waals surface area contributed by atoms with E-state index in [1.165, 1.54) is 0 Å². The van der Waals surface area contributed by atoms with Gasteiger partial charge in [0.05, 0.1) is 11.6 Å². The molecule has 78 valence electrons. The molecule has 0 fully saturated rings. The summed E-state index contributed by atoms with van der Waals surface area (Å²) in [7, 11) is 0. The van der Waals surface area contributed by atoms with E-state index in [4.69, 9.17) is 23.4 Å². The third-order valence-electron chi connectivity index (χ3n) is 1.99. The first-order valence-electron chi connectivity index (χ1n) is 4.10. The summed E-state index contributed by atoms with van der Waals surface area (Å²) < 4.78 is 0.845. The number of nitrogens with one attached hydrogen (secondary N) is 1. The molecule has 0 radical (unpaired) electrons. The Hall–Kier alpha value is -0.800. The van der Waals surface area contributed by atoms with Gasteiger partial charge in [-0.25, -0.2) is 0 Å². The minimum atomic E-state index is -0.172. The second-order valence-electron chi connectivity index (χ2n) is 2.90. The lowest BCUT2D eigenvalue weighted by molar-refractivity contribution is 0.518. The first-order chi connectivity index (χ1) is 7.02. The molecule has 5 heteroatoms. The van der Waals surface area contributed by atoms with Crippen LogP contribution in [-0.4, -0.2) is 23.5 Å². The van der Waals surface area contributed by atoms with Crippen LogP contribution in [-0.2, 0) is 0 Å². The summed E-state index contributed by atoms with van der Waals surface area (Å²) in [6.45, 7) is 5.18. The fraction of sp³-hybridized carbons (Fsp3) is 0.200. The SMILES string of the molecule is C#CC(C)N1C=C(I)/C(=C(\Cl)N=C)C1=N. The fourth-order valence-corrected chi connectivity index (χ4v) is 2.32. The van der Waals surface area contributed by atoms with Gasteiger partial charge in [0.1, 0.15) is 11.0 Å². The van der Waals surface area contributed by atoms with Crippen molar-refractivity contribution >= 4 is 46.7 Å². The lowest BCUT2D eigenvalue weighted by Gasteiger charge is -2.19. The molecule has 1 heterocycles. The average Bonchev–Trinajstić information content (AvgIpc) is 2.52. The quantitative estimate of drug-likeness (QED) is 0.359. The molecule has 1 unspecified atom stereocenters. The molecule has 1 aliphatic rings. The van der Waals surface area contributed by atoms with Gasteiger partial charge in [-0.15, -0.1) is 6.42 Å². The lowest BCUT2D eigenvalue weighted by Crippen LogP contribution is -2.29. The Morgan fingerprint density at radius 3 is 2.93 bits per heavy atom. The Kier molecular flexibility index (Phi) is 3.94. The molecular formula is C10H9ClIN3. The molecule has 0 amide bonds. The monoisotopic (exact) mass is 333 g/mol. The van der Waals surface area contributed by atoms with Crippen LogP contribution >= 0.6 is 34.2 Å². The molecule has 1 atom stereocenters. The predicted molar refractivity (Wildman–Crippen MR) is 72.4 cm³/mol. The van der Waals surface area contributed by atoms with Gasteiger partial charge in [-0.05, 0) is 36.2 Å². The van der Waals surface area contributed by atoms with Gasteiger partial charge in [0.15, 0.2) is 0 Å². The number of rotatable bonds is 2. The zero-order chi connectivity index (χ0) is 11.6. The van der Waals surface area contributed by atoms with Gasteiger partial charge in [-0.1, -0.05) is 17.5 Å². The first kappa shape index (κ1) is 12.3. The molecule has 1 aliphatic heterocycles. The smallest absolute Gasteiger partial charge is 0.140 e. The predicted octanol–water partition coefficient (Wildman–Crippen LogP) is 2.73. The number of terminal acetylenes is 1. The molecule has 0 saturated heterocycles. The van der Waals surface area contributed by atoms with E-state index in [2.05, 4.69) is 40.2 Å². The number of hydrogen-bond donors (Lipinski definition) is 1. The Morgan fingerprint density at radius 1 is 1.87 bits per heavy atom. The normalized spacial score (nSPS) is 20.8. The van der Waals surface area contributed by atoms with Gasteiger partial charge in [0.25, 0.3) is 0 Å². The van der Waals surface area contributed by atoms with Gasteiger partial charge in [0.2, 0.25) is 0 Å². The van der Waals surface area contributed by atoms with E-state index in [0.717, 1.165) is 3.58 Å². The Balaban J connectivity index is 3.15. The van der Waals surface area contributed by atoms with Gasteiger partial charge < -0.3 is 4.90 Å². The van der Waals surface area contributed by atoms with Crippen LogP contribution < -0.4 is 0 Å². The minimum absolute atomic E-state index is 0.172. The van der Waals surface area contributed by atoms with E-state index in [1.54, 1.807) is 11.1 Å². The van der Waals surface area contributed by atoms with Crippen LogP contribution in [0.15, 0.2) is 25.5 Å². The number of aliphatic imine (C=N–C) groups is 1. The molecule has 0 aromatic heterocycles. The summed E-state index contributed by atoms with van der Waals surface area (Å²) in [4.78, 5) is 5.29. The maximum atomic E-state index is 7.90. The van der Waals surface area contributed by atoms with Gasteiger partial charge in [-0.2, -0.15) is 0 Å². The highest BCUT2D eigenvalue weighted by Crippen LogP contribution is 2.33.